The molecule has 0 aliphatic heterocycles. The Bertz CT molecular complexity index is 211. The second-order valence-corrected chi connectivity index (χ2v) is 1.93. The van der Waals surface area contributed by atoms with Crippen molar-refractivity contribution in [3.8, 4) is 5.75 Å². The fourth-order valence-electron chi connectivity index (χ4n) is 0.648. The molecule has 0 fully saturated rings. The van der Waals surface area contributed by atoms with E-state index < -0.39 is 0 Å². The van der Waals surface area contributed by atoms with E-state index in [4.69, 9.17) is 4.84 Å². The number of nitrogens with one attached hydrogen (secondary N) is 1. The molecular weight excluding hydrogens is 142 g/mol. The van der Waals surface area contributed by atoms with Gasteiger partial charge in [0.15, 0.2) is 0 Å². The minimum absolute atomic E-state index is 0.203. The zero-order valence-corrected chi connectivity index (χ0v) is 5.99. The van der Waals surface area contributed by atoms with Crippen LogP contribution in [0, 0.1) is 0 Å². The Kier molecular flexibility index (Phi) is 3.15. The Hall–Kier alpha value is -1.35. The lowest BCUT2D eigenvalue weighted by atomic mass is 10.3. The van der Waals surface area contributed by atoms with E-state index in [9.17, 15) is 4.79 Å². The molecule has 3 heteroatoms. The van der Waals surface area contributed by atoms with Crippen LogP contribution in [0.15, 0.2) is 30.3 Å². The molecule has 0 saturated heterocycles. The number of hydrogen-bond donors (Lipinski definition) is 1. The summed E-state index contributed by atoms with van der Waals surface area (Å²) in [6.07, 6.45) is 0.739. The van der Waals surface area contributed by atoms with Crippen molar-refractivity contribution < 1.29 is 9.63 Å². The molecular formula is C8H9NO2. The van der Waals surface area contributed by atoms with Gasteiger partial charge in [0.1, 0.15) is 12.0 Å². The first-order valence-electron chi connectivity index (χ1n) is 3.32. The highest BCUT2D eigenvalue weighted by Crippen LogP contribution is 2.05. The van der Waals surface area contributed by atoms with Crippen molar-refractivity contribution >= 4 is 6.29 Å². The molecule has 11 heavy (non-hydrogen) atoms. The smallest absolute Gasteiger partial charge is 0.147 e. The maximum Gasteiger partial charge on any atom is 0.147 e. The topological polar surface area (TPSA) is 38.3 Å². The van der Waals surface area contributed by atoms with E-state index in [-0.39, 0.29) is 6.54 Å². The van der Waals surface area contributed by atoms with E-state index in [0.717, 1.165) is 6.29 Å². The van der Waals surface area contributed by atoms with Crippen molar-refractivity contribution in [2.75, 3.05) is 6.54 Å². The van der Waals surface area contributed by atoms with Gasteiger partial charge in [-0.3, -0.25) is 0 Å². The highest BCUT2D eigenvalue weighted by molar-refractivity contribution is 5.51. The lowest BCUT2D eigenvalue weighted by Crippen LogP contribution is -2.20. The Morgan fingerprint density at radius 3 is 2.73 bits per heavy atom. The van der Waals surface area contributed by atoms with Gasteiger partial charge in [-0.2, -0.15) is 0 Å². The van der Waals surface area contributed by atoms with Gasteiger partial charge in [-0.25, -0.2) is 0 Å². The molecule has 0 unspecified atom stereocenters. The van der Waals surface area contributed by atoms with Gasteiger partial charge in [0.2, 0.25) is 0 Å². The van der Waals surface area contributed by atoms with Crippen LogP contribution in [-0.2, 0) is 4.79 Å². The van der Waals surface area contributed by atoms with E-state index in [0.29, 0.717) is 5.75 Å². The maximum absolute atomic E-state index is 9.85. The second-order valence-electron chi connectivity index (χ2n) is 1.93. The third-order valence-electron chi connectivity index (χ3n) is 1.10. The Balaban J connectivity index is 2.33. The summed E-state index contributed by atoms with van der Waals surface area (Å²) in [6.45, 7) is 0.203. The zero-order chi connectivity index (χ0) is 7.94. The molecule has 0 aliphatic carbocycles. The Morgan fingerprint density at radius 1 is 1.36 bits per heavy atom. The predicted octanol–water partition coefficient (Wildman–Crippen LogP) is 0.769. The lowest BCUT2D eigenvalue weighted by molar-refractivity contribution is -0.108. The highest BCUT2D eigenvalue weighted by atomic mass is 16.6. The van der Waals surface area contributed by atoms with Crippen molar-refractivity contribution in [1.82, 2.24) is 5.48 Å². The molecule has 0 saturated carbocycles. The van der Waals surface area contributed by atoms with Gasteiger partial charge in [0, 0.05) is 0 Å². The van der Waals surface area contributed by atoms with Crippen LogP contribution in [0.2, 0.25) is 0 Å². The molecule has 0 aromatic heterocycles. The minimum Gasteiger partial charge on any atom is -0.408 e. The lowest BCUT2D eigenvalue weighted by Gasteiger charge is -2.02. The third kappa shape index (κ3) is 2.82. The number of rotatable bonds is 4. The number of para-hydroxylation sites is 1. The van der Waals surface area contributed by atoms with Crippen LogP contribution in [0.25, 0.3) is 0 Å². The normalized spacial score (nSPS) is 9.09. The van der Waals surface area contributed by atoms with Crippen LogP contribution in [0.1, 0.15) is 0 Å². The van der Waals surface area contributed by atoms with Crippen LogP contribution in [0.4, 0.5) is 0 Å². The summed E-state index contributed by atoms with van der Waals surface area (Å²) in [5.74, 6) is 0.703. The average molecular weight is 151 g/mol. The van der Waals surface area contributed by atoms with Gasteiger partial charge in [0.25, 0.3) is 0 Å². The molecule has 0 amide bonds. The first-order chi connectivity index (χ1) is 5.43. The molecule has 0 heterocycles. The van der Waals surface area contributed by atoms with Gasteiger partial charge in [-0.15, -0.1) is 5.48 Å². The van der Waals surface area contributed by atoms with Gasteiger partial charge in [0.05, 0.1) is 6.54 Å². The summed E-state index contributed by atoms with van der Waals surface area (Å²) in [5, 5.41) is 0. The van der Waals surface area contributed by atoms with Gasteiger partial charge >= 0.3 is 0 Å². The first kappa shape index (κ1) is 7.75. The summed E-state index contributed by atoms with van der Waals surface area (Å²) >= 11 is 0. The zero-order valence-electron chi connectivity index (χ0n) is 5.99. The minimum atomic E-state index is 0.203. The van der Waals surface area contributed by atoms with Crippen LogP contribution in [0.5, 0.6) is 5.75 Å². The summed E-state index contributed by atoms with van der Waals surface area (Å²) in [4.78, 5) is 14.8. The number of aldehydes is 1. The van der Waals surface area contributed by atoms with E-state index in [2.05, 4.69) is 5.48 Å². The Morgan fingerprint density at radius 2 is 2.09 bits per heavy atom. The van der Waals surface area contributed by atoms with Gasteiger partial charge < -0.3 is 9.63 Å². The monoisotopic (exact) mass is 151 g/mol. The van der Waals surface area contributed by atoms with Crippen LogP contribution < -0.4 is 10.3 Å². The molecule has 3 nitrogen and oxygen atoms in total. The molecule has 0 bridgehead atoms. The van der Waals surface area contributed by atoms with E-state index >= 15 is 0 Å². The largest absolute Gasteiger partial charge is 0.408 e. The van der Waals surface area contributed by atoms with Crippen molar-refractivity contribution in [2.45, 2.75) is 0 Å². The molecule has 1 rings (SSSR count). The summed E-state index contributed by atoms with van der Waals surface area (Å²) in [7, 11) is 0. The number of benzene rings is 1. The first-order valence-corrected chi connectivity index (χ1v) is 3.32. The molecule has 0 radical (unpaired) electrons. The molecule has 1 aromatic carbocycles. The average Bonchev–Trinajstić information content (AvgIpc) is 2.07. The van der Waals surface area contributed by atoms with E-state index in [1.165, 1.54) is 0 Å². The molecule has 0 aliphatic rings. The second kappa shape index (κ2) is 4.46. The van der Waals surface area contributed by atoms with Crippen LogP contribution in [-0.4, -0.2) is 12.8 Å². The fourth-order valence-corrected chi connectivity index (χ4v) is 0.648. The van der Waals surface area contributed by atoms with Crippen molar-refractivity contribution in [2.24, 2.45) is 0 Å². The fraction of sp³-hybridized carbons (Fsp3) is 0.125. The van der Waals surface area contributed by atoms with E-state index in [1.807, 2.05) is 18.2 Å². The summed E-state index contributed by atoms with van der Waals surface area (Å²) in [6, 6.07) is 9.22. The molecule has 58 valence electrons. The van der Waals surface area contributed by atoms with Crippen LogP contribution in [0.3, 0.4) is 0 Å². The quantitative estimate of drug-likeness (QED) is 0.392. The van der Waals surface area contributed by atoms with Crippen molar-refractivity contribution in [3.05, 3.63) is 30.3 Å². The van der Waals surface area contributed by atoms with E-state index in [1.54, 1.807) is 12.1 Å². The third-order valence-corrected chi connectivity index (χ3v) is 1.10. The number of hydrogen-bond acceptors (Lipinski definition) is 3. The highest BCUT2D eigenvalue weighted by Gasteiger charge is 1.87. The maximum atomic E-state index is 9.85. The molecule has 1 aromatic rings. The predicted molar refractivity (Wildman–Crippen MR) is 41.1 cm³/mol. The molecule has 0 spiro atoms. The van der Waals surface area contributed by atoms with Crippen molar-refractivity contribution in [1.29, 1.82) is 0 Å². The van der Waals surface area contributed by atoms with Crippen LogP contribution >= 0.6 is 0 Å². The number of carbonyl (C=O) groups is 1. The summed E-state index contributed by atoms with van der Waals surface area (Å²) < 4.78 is 0. The van der Waals surface area contributed by atoms with Gasteiger partial charge in [-0.05, 0) is 12.1 Å². The summed E-state index contributed by atoms with van der Waals surface area (Å²) in [5.41, 5.74) is 2.48. The standard InChI is InChI=1S/C8H9NO2/c10-7-6-9-11-8-4-2-1-3-5-8/h1-5,7,9H,6H2. The SMILES string of the molecule is O=CCNOc1ccccc1. The molecule has 1 N–H and O–H groups in total. The number of hydroxylamine groups is 1. The van der Waals surface area contributed by atoms with Crippen molar-refractivity contribution in [3.63, 3.8) is 0 Å². The molecule has 0 atom stereocenters. The number of carbonyl (C=O) groups excluding carboxylic acids is 1. The van der Waals surface area contributed by atoms with Gasteiger partial charge in [-0.1, -0.05) is 18.2 Å². The Labute approximate surface area is 64.9 Å².